The van der Waals surface area contributed by atoms with Gasteiger partial charge in [0.1, 0.15) is 5.69 Å². The van der Waals surface area contributed by atoms with E-state index < -0.39 is 29.2 Å². The Morgan fingerprint density at radius 2 is 1.75 bits per heavy atom. The lowest BCUT2D eigenvalue weighted by molar-refractivity contribution is -0.121. The average Bonchev–Trinajstić information content (AvgIpc) is 3.19. The van der Waals surface area contributed by atoms with Crippen molar-refractivity contribution in [3.63, 3.8) is 0 Å². The molecule has 110 valence electrons. The van der Waals surface area contributed by atoms with Crippen LogP contribution in [-0.4, -0.2) is 23.5 Å². The molecule has 0 spiro atoms. The predicted octanol–water partition coefficient (Wildman–Crippen LogP) is 2.11. The van der Waals surface area contributed by atoms with Crippen molar-refractivity contribution < 1.29 is 22.4 Å². The molecule has 0 bridgehead atoms. The Bertz CT molecular complexity index is 494. The highest BCUT2D eigenvalue weighted by Crippen LogP contribution is 2.22. The molecule has 2 rings (SSSR count). The molecule has 1 aromatic rings. The highest BCUT2D eigenvalue weighted by atomic mass is 19.2. The van der Waals surface area contributed by atoms with Gasteiger partial charge in [0.25, 0.3) is 11.9 Å². The molecule has 1 aliphatic rings. The lowest BCUT2D eigenvalue weighted by atomic mass is 10.2. The van der Waals surface area contributed by atoms with E-state index in [9.17, 15) is 22.4 Å². The van der Waals surface area contributed by atoms with Gasteiger partial charge < -0.3 is 10.6 Å². The van der Waals surface area contributed by atoms with Crippen molar-refractivity contribution in [2.75, 3.05) is 11.9 Å². The first-order chi connectivity index (χ1) is 9.49. The second-order valence-corrected chi connectivity index (χ2v) is 4.57. The Morgan fingerprint density at radius 3 is 2.30 bits per heavy atom. The molecule has 1 amide bonds. The number of amides is 1. The fourth-order valence-electron chi connectivity index (χ4n) is 1.63. The van der Waals surface area contributed by atoms with Gasteiger partial charge in [0.2, 0.25) is 17.5 Å². The maximum Gasteiger partial charge on any atom is 0.253 e. The van der Waals surface area contributed by atoms with Crippen LogP contribution in [0.25, 0.3) is 0 Å². The molecule has 0 saturated heterocycles. The summed E-state index contributed by atoms with van der Waals surface area (Å²) in [5.41, 5.74) is -0.905. The summed E-state index contributed by atoms with van der Waals surface area (Å²) in [6, 6.07) is 0.244. The summed E-state index contributed by atoms with van der Waals surface area (Å²) in [6.07, 6.45) is 2.39. The lowest BCUT2D eigenvalue weighted by Crippen LogP contribution is -2.25. The van der Waals surface area contributed by atoms with Crippen LogP contribution in [0.1, 0.15) is 25.7 Å². The van der Waals surface area contributed by atoms with Gasteiger partial charge in [-0.3, -0.25) is 4.79 Å². The first kappa shape index (κ1) is 14.5. The topological polar surface area (TPSA) is 54.0 Å². The molecular weight excluding hydrogens is 278 g/mol. The SMILES string of the molecule is O=C(CCCNc1c(F)c(F)nc(F)c1F)NC1CC1. The molecule has 0 aromatic carbocycles. The first-order valence-corrected chi connectivity index (χ1v) is 6.22. The third-order valence-corrected chi connectivity index (χ3v) is 2.82. The van der Waals surface area contributed by atoms with Crippen molar-refractivity contribution in [2.45, 2.75) is 31.7 Å². The Balaban J connectivity index is 1.83. The second-order valence-electron chi connectivity index (χ2n) is 4.57. The molecule has 2 N–H and O–H groups in total. The van der Waals surface area contributed by atoms with Crippen molar-refractivity contribution in [3.05, 3.63) is 23.5 Å². The van der Waals surface area contributed by atoms with Crippen molar-refractivity contribution in [1.29, 1.82) is 0 Å². The summed E-state index contributed by atoms with van der Waals surface area (Å²) in [6.45, 7) is 0.00875. The molecule has 20 heavy (non-hydrogen) atoms. The number of carbonyl (C=O) groups excluding carboxylic acids is 1. The standard InChI is InChI=1S/C12H13F4N3O/c13-8-10(9(14)12(16)19-11(8)15)17-5-1-2-7(20)18-6-3-4-6/h6H,1-5H2,(H,17,19)(H,18,20). The zero-order valence-electron chi connectivity index (χ0n) is 10.5. The van der Waals surface area contributed by atoms with E-state index in [4.69, 9.17) is 0 Å². The first-order valence-electron chi connectivity index (χ1n) is 6.22. The lowest BCUT2D eigenvalue weighted by Gasteiger charge is -2.09. The van der Waals surface area contributed by atoms with E-state index in [0.717, 1.165) is 12.8 Å². The van der Waals surface area contributed by atoms with E-state index in [1.807, 2.05) is 0 Å². The number of aromatic nitrogens is 1. The van der Waals surface area contributed by atoms with E-state index in [1.165, 1.54) is 0 Å². The smallest absolute Gasteiger partial charge is 0.253 e. The molecule has 1 aromatic heterocycles. The third kappa shape index (κ3) is 3.58. The number of hydrogen-bond donors (Lipinski definition) is 2. The zero-order chi connectivity index (χ0) is 14.7. The molecule has 4 nitrogen and oxygen atoms in total. The molecule has 8 heteroatoms. The third-order valence-electron chi connectivity index (χ3n) is 2.82. The Hall–Kier alpha value is -1.86. The highest BCUT2D eigenvalue weighted by Gasteiger charge is 2.23. The maximum atomic E-state index is 13.2. The molecule has 0 aliphatic heterocycles. The van der Waals surface area contributed by atoms with Crippen molar-refractivity contribution in [1.82, 2.24) is 10.3 Å². The Labute approximate surface area is 112 Å². The summed E-state index contributed by atoms with van der Waals surface area (Å²) in [5.74, 6) is -6.73. The van der Waals surface area contributed by atoms with Gasteiger partial charge in [-0.05, 0) is 19.3 Å². The predicted molar refractivity (Wildman–Crippen MR) is 63.0 cm³/mol. The second kappa shape index (κ2) is 6.06. The summed E-state index contributed by atoms with van der Waals surface area (Å²) in [5, 5.41) is 4.99. The van der Waals surface area contributed by atoms with Gasteiger partial charge in [0.15, 0.2) is 0 Å². The maximum absolute atomic E-state index is 13.2. The van der Waals surface area contributed by atoms with Crippen molar-refractivity contribution in [3.8, 4) is 0 Å². The molecular formula is C12H13F4N3O. The minimum Gasteiger partial charge on any atom is -0.380 e. The van der Waals surface area contributed by atoms with Crippen LogP contribution in [0.5, 0.6) is 0 Å². The van der Waals surface area contributed by atoms with Crippen molar-refractivity contribution in [2.24, 2.45) is 0 Å². The molecule has 0 radical (unpaired) electrons. The van der Waals surface area contributed by atoms with Crippen LogP contribution >= 0.6 is 0 Å². The van der Waals surface area contributed by atoms with Gasteiger partial charge in [0, 0.05) is 19.0 Å². The number of halogens is 4. The van der Waals surface area contributed by atoms with Crippen LogP contribution in [0.15, 0.2) is 0 Å². The van der Waals surface area contributed by atoms with Crippen LogP contribution in [0, 0.1) is 23.5 Å². The summed E-state index contributed by atoms with van der Waals surface area (Å²) in [7, 11) is 0. The fourth-order valence-corrected chi connectivity index (χ4v) is 1.63. The van der Waals surface area contributed by atoms with Crippen LogP contribution in [0.3, 0.4) is 0 Å². The van der Waals surface area contributed by atoms with Gasteiger partial charge in [-0.25, -0.2) is 0 Å². The van der Waals surface area contributed by atoms with Gasteiger partial charge >= 0.3 is 0 Å². The van der Waals surface area contributed by atoms with Gasteiger partial charge in [-0.15, -0.1) is 0 Å². The fraction of sp³-hybridized carbons (Fsp3) is 0.500. The van der Waals surface area contributed by atoms with Crippen LogP contribution in [0.4, 0.5) is 23.2 Å². The normalized spacial score (nSPS) is 14.2. The molecule has 0 unspecified atom stereocenters. The molecule has 1 heterocycles. The molecule has 0 atom stereocenters. The number of carbonyl (C=O) groups is 1. The number of nitrogens with one attached hydrogen (secondary N) is 2. The van der Waals surface area contributed by atoms with E-state index in [0.29, 0.717) is 0 Å². The van der Waals surface area contributed by atoms with Crippen LogP contribution in [0.2, 0.25) is 0 Å². The Morgan fingerprint density at radius 1 is 1.15 bits per heavy atom. The van der Waals surface area contributed by atoms with Gasteiger partial charge in [-0.2, -0.15) is 22.5 Å². The number of nitrogens with zero attached hydrogens (tertiary/aromatic N) is 1. The zero-order valence-corrected chi connectivity index (χ0v) is 10.5. The van der Waals surface area contributed by atoms with Gasteiger partial charge in [-0.1, -0.05) is 0 Å². The summed E-state index contributed by atoms with van der Waals surface area (Å²) < 4.78 is 52.1. The molecule has 1 aliphatic carbocycles. The van der Waals surface area contributed by atoms with Gasteiger partial charge in [0.05, 0.1) is 0 Å². The summed E-state index contributed by atoms with van der Waals surface area (Å²) >= 11 is 0. The minimum absolute atomic E-state index is 0.00875. The molecule has 1 saturated carbocycles. The van der Waals surface area contributed by atoms with Crippen LogP contribution < -0.4 is 10.6 Å². The largest absolute Gasteiger partial charge is 0.380 e. The van der Waals surface area contributed by atoms with Crippen molar-refractivity contribution >= 4 is 11.6 Å². The number of hydrogen-bond acceptors (Lipinski definition) is 3. The van der Waals surface area contributed by atoms with E-state index in [2.05, 4.69) is 15.6 Å². The number of pyridine rings is 1. The monoisotopic (exact) mass is 291 g/mol. The van der Waals surface area contributed by atoms with E-state index >= 15 is 0 Å². The average molecular weight is 291 g/mol. The highest BCUT2D eigenvalue weighted by molar-refractivity contribution is 5.76. The quantitative estimate of drug-likeness (QED) is 0.479. The number of rotatable bonds is 6. The van der Waals surface area contributed by atoms with E-state index in [1.54, 1.807) is 0 Å². The molecule has 1 fully saturated rings. The number of anilines is 1. The summed E-state index contributed by atoms with van der Waals surface area (Å²) in [4.78, 5) is 13.8. The minimum atomic E-state index is -1.71. The van der Waals surface area contributed by atoms with E-state index in [-0.39, 0.29) is 31.3 Å². The Kier molecular flexibility index (Phi) is 4.41. The van der Waals surface area contributed by atoms with Crippen LogP contribution in [-0.2, 0) is 4.79 Å².